The molecule has 1 aliphatic carbocycles. The van der Waals surface area contributed by atoms with E-state index in [-0.39, 0.29) is 0 Å². The molecule has 2 saturated heterocycles. The second kappa shape index (κ2) is 6.76. The van der Waals surface area contributed by atoms with Crippen molar-refractivity contribution >= 4 is 0 Å². The van der Waals surface area contributed by atoms with Gasteiger partial charge in [0, 0.05) is 31.2 Å². The fourth-order valence-corrected chi connectivity index (χ4v) is 4.65. The number of hydrogen-bond donors (Lipinski definition) is 1. The van der Waals surface area contributed by atoms with Crippen molar-refractivity contribution < 1.29 is 0 Å². The average Bonchev–Trinajstić information content (AvgIpc) is 2.98. The first-order valence-corrected chi connectivity index (χ1v) is 9.00. The number of nitrogens with zero attached hydrogens (tertiary/aromatic N) is 2. The lowest BCUT2D eigenvalue weighted by atomic mass is 9.83. The highest BCUT2D eigenvalue weighted by Gasteiger charge is 2.34. The van der Waals surface area contributed by atoms with Crippen LogP contribution in [-0.2, 0) is 0 Å². The van der Waals surface area contributed by atoms with Crippen molar-refractivity contribution in [3.05, 3.63) is 0 Å². The number of hydrogen-bond acceptors (Lipinski definition) is 3. The first-order chi connectivity index (χ1) is 9.76. The molecule has 2 aliphatic heterocycles. The summed E-state index contributed by atoms with van der Waals surface area (Å²) in [4.78, 5) is 5.55. The molecule has 2 N–H and O–H groups in total. The normalized spacial score (nSPS) is 38.4. The van der Waals surface area contributed by atoms with Crippen molar-refractivity contribution in [1.82, 2.24) is 9.80 Å². The van der Waals surface area contributed by atoms with E-state index in [0.717, 1.165) is 18.0 Å². The van der Waals surface area contributed by atoms with Crippen LogP contribution in [-0.4, -0.2) is 54.1 Å². The first kappa shape index (κ1) is 14.8. The van der Waals surface area contributed by atoms with Gasteiger partial charge < -0.3 is 5.73 Å². The van der Waals surface area contributed by atoms with Crippen molar-refractivity contribution in [3.63, 3.8) is 0 Å². The molecule has 0 radical (unpaired) electrons. The van der Waals surface area contributed by atoms with Gasteiger partial charge in [0.15, 0.2) is 0 Å². The van der Waals surface area contributed by atoms with Gasteiger partial charge in [0.1, 0.15) is 0 Å². The Morgan fingerprint density at radius 3 is 2.40 bits per heavy atom. The van der Waals surface area contributed by atoms with Gasteiger partial charge in [-0.15, -0.1) is 0 Å². The minimum atomic E-state index is 0.465. The molecule has 0 aromatic rings. The molecule has 3 aliphatic rings. The van der Waals surface area contributed by atoms with Crippen LogP contribution in [0, 0.1) is 5.92 Å². The highest BCUT2D eigenvalue weighted by molar-refractivity contribution is 4.91. The molecule has 3 heteroatoms. The van der Waals surface area contributed by atoms with Gasteiger partial charge in [0.25, 0.3) is 0 Å². The molecule has 3 unspecified atom stereocenters. The minimum Gasteiger partial charge on any atom is -0.328 e. The Bertz CT molecular complexity index is 299. The topological polar surface area (TPSA) is 32.5 Å². The van der Waals surface area contributed by atoms with Gasteiger partial charge in [-0.1, -0.05) is 26.2 Å². The molecule has 116 valence electrons. The minimum absolute atomic E-state index is 0.465. The van der Waals surface area contributed by atoms with Crippen LogP contribution in [0.3, 0.4) is 0 Å². The van der Waals surface area contributed by atoms with Crippen LogP contribution in [0.15, 0.2) is 0 Å². The molecule has 1 saturated carbocycles. The van der Waals surface area contributed by atoms with E-state index in [0.29, 0.717) is 6.04 Å². The molecular weight excluding hydrogens is 246 g/mol. The third-order valence-corrected chi connectivity index (χ3v) is 6.13. The Morgan fingerprint density at radius 1 is 0.900 bits per heavy atom. The zero-order chi connectivity index (χ0) is 13.9. The monoisotopic (exact) mass is 279 g/mol. The Hall–Kier alpha value is -0.120. The highest BCUT2D eigenvalue weighted by Crippen LogP contribution is 2.32. The van der Waals surface area contributed by atoms with E-state index >= 15 is 0 Å². The summed E-state index contributed by atoms with van der Waals surface area (Å²) in [6.45, 7) is 7.52. The van der Waals surface area contributed by atoms with Gasteiger partial charge in [-0.05, 0) is 51.1 Å². The maximum atomic E-state index is 6.03. The van der Waals surface area contributed by atoms with Gasteiger partial charge in [-0.2, -0.15) is 0 Å². The number of likely N-dealkylation sites (tertiary alicyclic amines) is 2. The zero-order valence-electron chi connectivity index (χ0n) is 13.3. The second-order valence-corrected chi connectivity index (χ2v) is 7.41. The molecule has 2 heterocycles. The molecule has 0 bridgehead atoms. The Balaban J connectivity index is 1.49. The summed E-state index contributed by atoms with van der Waals surface area (Å²) in [6, 6.07) is 2.18. The summed E-state index contributed by atoms with van der Waals surface area (Å²) >= 11 is 0. The lowest BCUT2D eigenvalue weighted by Gasteiger charge is -2.37. The Morgan fingerprint density at radius 2 is 1.65 bits per heavy atom. The smallest absolute Gasteiger partial charge is 0.0235 e. The maximum Gasteiger partial charge on any atom is 0.0235 e. The number of piperidine rings is 1. The van der Waals surface area contributed by atoms with E-state index in [2.05, 4.69) is 16.7 Å². The van der Waals surface area contributed by atoms with E-state index in [1.807, 2.05) is 0 Å². The second-order valence-electron chi connectivity index (χ2n) is 7.41. The highest BCUT2D eigenvalue weighted by atomic mass is 15.3. The van der Waals surface area contributed by atoms with Crippen molar-refractivity contribution in [1.29, 1.82) is 0 Å². The molecule has 3 atom stereocenters. The molecule has 0 spiro atoms. The number of rotatable bonds is 3. The largest absolute Gasteiger partial charge is 0.328 e. The molecule has 3 rings (SSSR count). The Kier molecular flexibility index (Phi) is 5.00. The summed E-state index contributed by atoms with van der Waals surface area (Å²) in [6.07, 6.45) is 11.1. The maximum absolute atomic E-state index is 6.03. The summed E-state index contributed by atoms with van der Waals surface area (Å²) in [5.41, 5.74) is 6.03. The van der Waals surface area contributed by atoms with Gasteiger partial charge >= 0.3 is 0 Å². The Labute approximate surface area is 124 Å². The summed E-state index contributed by atoms with van der Waals surface area (Å²) in [5.74, 6) is 1.00. The van der Waals surface area contributed by atoms with E-state index in [1.54, 1.807) is 0 Å². The molecule has 3 fully saturated rings. The quantitative estimate of drug-likeness (QED) is 0.861. The lowest BCUT2D eigenvalue weighted by Crippen LogP contribution is -2.47. The zero-order valence-corrected chi connectivity index (χ0v) is 13.3. The summed E-state index contributed by atoms with van der Waals surface area (Å²) < 4.78 is 0. The fourth-order valence-electron chi connectivity index (χ4n) is 4.65. The van der Waals surface area contributed by atoms with Crippen LogP contribution in [0.25, 0.3) is 0 Å². The van der Waals surface area contributed by atoms with Gasteiger partial charge in [0.2, 0.25) is 0 Å². The van der Waals surface area contributed by atoms with Crippen LogP contribution >= 0.6 is 0 Å². The van der Waals surface area contributed by atoms with Crippen LogP contribution in [0.5, 0.6) is 0 Å². The first-order valence-electron chi connectivity index (χ1n) is 9.00. The predicted molar refractivity (Wildman–Crippen MR) is 84.8 cm³/mol. The number of nitrogens with two attached hydrogens (primary N) is 1. The van der Waals surface area contributed by atoms with E-state index in [4.69, 9.17) is 5.73 Å². The summed E-state index contributed by atoms with van der Waals surface area (Å²) in [7, 11) is 0. The molecule has 20 heavy (non-hydrogen) atoms. The molecular formula is C17H33N3. The average molecular weight is 279 g/mol. The molecule has 0 amide bonds. The van der Waals surface area contributed by atoms with Crippen molar-refractivity contribution in [2.75, 3.05) is 26.2 Å². The van der Waals surface area contributed by atoms with Gasteiger partial charge in [-0.3, -0.25) is 9.80 Å². The van der Waals surface area contributed by atoms with Gasteiger partial charge in [-0.25, -0.2) is 0 Å². The molecule has 0 aromatic heterocycles. The standard InChI is InChI=1S/C17H33N3/c1-2-14-4-3-5-16(12-14)20-11-8-17(13-20)19-9-6-15(18)7-10-19/h14-17H,2-13,18H2,1H3. The SMILES string of the molecule is CCC1CCCC(N2CCC(N3CCC(N)CC3)C2)C1. The van der Waals surface area contributed by atoms with E-state index in [1.165, 1.54) is 77.5 Å². The molecule has 3 nitrogen and oxygen atoms in total. The third-order valence-electron chi connectivity index (χ3n) is 6.13. The van der Waals surface area contributed by atoms with Crippen molar-refractivity contribution in [2.24, 2.45) is 11.7 Å². The third kappa shape index (κ3) is 3.37. The van der Waals surface area contributed by atoms with Crippen LogP contribution in [0.2, 0.25) is 0 Å². The summed E-state index contributed by atoms with van der Waals surface area (Å²) in [5, 5.41) is 0. The van der Waals surface area contributed by atoms with Crippen molar-refractivity contribution in [2.45, 2.75) is 76.4 Å². The van der Waals surface area contributed by atoms with Gasteiger partial charge in [0.05, 0.1) is 0 Å². The fraction of sp³-hybridized carbons (Fsp3) is 1.00. The van der Waals surface area contributed by atoms with Crippen LogP contribution in [0.4, 0.5) is 0 Å². The van der Waals surface area contributed by atoms with Crippen LogP contribution in [0.1, 0.15) is 58.3 Å². The van der Waals surface area contributed by atoms with E-state index in [9.17, 15) is 0 Å². The predicted octanol–water partition coefficient (Wildman–Crippen LogP) is 2.45. The van der Waals surface area contributed by atoms with Crippen LogP contribution < -0.4 is 5.73 Å². The lowest BCUT2D eigenvalue weighted by molar-refractivity contribution is 0.122. The van der Waals surface area contributed by atoms with E-state index < -0.39 is 0 Å². The molecule has 0 aromatic carbocycles. The van der Waals surface area contributed by atoms with Crippen molar-refractivity contribution in [3.8, 4) is 0 Å².